The molecular weight excluding hydrogens is 406 g/mol. The molecule has 2 heterocycles. The molecular formula is C25H29N3O4. The average molecular weight is 436 g/mol. The molecule has 32 heavy (non-hydrogen) atoms. The first kappa shape index (κ1) is 21.9. The molecule has 0 unspecified atom stereocenters. The molecule has 1 N–H and O–H groups in total. The third-order valence-electron chi connectivity index (χ3n) is 5.86. The summed E-state index contributed by atoms with van der Waals surface area (Å²) in [6.45, 7) is 7.50. The van der Waals surface area contributed by atoms with Gasteiger partial charge >= 0.3 is 0 Å². The Balaban J connectivity index is 1.54. The second kappa shape index (κ2) is 9.87. The normalized spacial score (nSPS) is 13.9. The van der Waals surface area contributed by atoms with Crippen LogP contribution in [0.4, 0.5) is 0 Å². The minimum atomic E-state index is -0.120. The zero-order valence-electron chi connectivity index (χ0n) is 18.6. The molecule has 168 valence electrons. The number of carbonyl (C=O) groups excluding carboxylic acids is 2. The van der Waals surface area contributed by atoms with E-state index in [0.717, 1.165) is 28.7 Å². The van der Waals surface area contributed by atoms with Gasteiger partial charge in [-0.2, -0.15) is 0 Å². The van der Waals surface area contributed by atoms with E-state index in [9.17, 15) is 9.59 Å². The minimum Gasteiger partial charge on any atom is -0.484 e. The quantitative estimate of drug-likeness (QED) is 0.619. The van der Waals surface area contributed by atoms with Crippen molar-refractivity contribution >= 4 is 22.7 Å². The average Bonchev–Trinajstić information content (AvgIpc) is 3.12. The smallest absolute Gasteiger partial charge is 0.260 e. The van der Waals surface area contributed by atoms with Crippen molar-refractivity contribution in [3.8, 4) is 5.75 Å². The van der Waals surface area contributed by atoms with Crippen LogP contribution < -0.4 is 10.1 Å². The van der Waals surface area contributed by atoms with Crippen LogP contribution in [0.3, 0.4) is 0 Å². The molecule has 0 saturated carbocycles. The molecule has 1 aliphatic heterocycles. The first-order chi connectivity index (χ1) is 15.6. The van der Waals surface area contributed by atoms with Crippen molar-refractivity contribution in [2.45, 2.75) is 26.9 Å². The van der Waals surface area contributed by atoms with Gasteiger partial charge in [0.05, 0.1) is 18.8 Å². The molecule has 1 saturated heterocycles. The van der Waals surface area contributed by atoms with Crippen LogP contribution in [0, 0.1) is 6.92 Å². The van der Waals surface area contributed by atoms with E-state index in [0.29, 0.717) is 44.2 Å². The number of carbonyl (C=O) groups is 2. The second-order valence-electron chi connectivity index (χ2n) is 7.83. The van der Waals surface area contributed by atoms with Gasteiger partial charge in [-0.05, 0) is 37.6 Å². The van der Waals surface area contributed by atoms with Gasteiger partial charge in [-0.1, -0.05) is 30.3 Å². The highest BCUT2D eigenvalue weighted by Crippen LogP contribution is 2.29. The van der Waals surface area contributed by atoms with Crippen LogP contribution in [0.25, 0.3) is 10.9 Å². The second-order valence-corrected chi connectivity index (χ2v) is 7.83. The predicted molar refractivity (Wildman–Crippen MR) is 123 cm³/mol. The number of hydrogen-bond acceptors (Lipinski definition) is 4. The van der Waals surface area contributed by atoms with E-state index < -0.39 is 0 Å². The molecule has 7 heteroatoms. The van der Waals surface area contributed by atoms with Gasteiger partial charge in [0.25, 0.3) is 11.8 Å². The van der Waals surface area contributed by atoms with Gasteiger partial charge in [0, 0.05) is 42.8 Å². The highest BCUT2D eigenvalue weighted by Gasteiger charge is 2.21. The van der Waals surface area contributed by atoms with Crippen molar-refractivity contribution in [2.24, 2.45) is 0 Å². The fourth-order valence-electron chi connectivity index (χ4n) is 4.16. The highest BCUT2D eigenvalue weighted by molar-refractivity contribution is 6.08. The van der Waals surface area contributed by atoms with Crippen molar-refractivity contribution in [2.75, 3.05) is 32.9 Å². The first-order valence-corrected chi connectivity index (χ1v) is 11.0. The lowest BCUT2D eigenvalue weighted by molar-refractivity contribution is -0.137. The highest BCUT2D eigenvalue weighted by atomic mass is 16.5. The minimum absolute atomic E-state index is 0.0332. The van der Waals surface area contributed by atoms with E-state index in [4.69, 9.17) is 9.47 Å². The maximum atomic E-state index is 13.1. The van der Waals surface area contributed by atoms with Crippen LogP contribution in [0.15, 0.2) is 48.5 Å². The molecule has 1 aromatic heterocycles. The number of nitrogens with zero attached hydrogens (tertiary/aromatic N) is 2. The molecule has 2 amide bonds. The molecule has 1 fully saturated rings. The number of rotatable bonds is 7. The lowest BCUT2D eigenvalue weighted by atomic mass is 10.1. The fourth-order valence-corrected chi connectivity index (χ4v) is 4.16. The Morgan fingerprint density at radius 3 is 2.56 bits per heavy atom. The van der Waals surface area contributed by atoms with E-state index in [1.165, 1.54) is 0 Å². The number of hydrogen-bond donors (Lipinski definition) is 1. The summed E-state index contributed by atoms with van der Waals surface area (Å²) in [6, 6.07) is 15.5. The summed E-state index contributed by atoms with van der Waals surface area (Å²) in [6.07, 6.45) is 0. The Morgan fingerprint density at radius 1 is 1.09 bits per heavy atom. The zero-order chi connectivity index (χ0) is 22.5. The molecule has 2 aromatic carbocycles. The van der Waals surface area contributed by atoms with Crippen LogP contribution in [0.5, 0.6) is 5.75 Å². The summed E-state index contributed by atoms with van der Waals surface area (Å²) in [4.78, 5) is 27.3. The van der Waals surface area contributed by atoms with Gasteiger partial charge in [-0.25, -0.2) is 0 Å². The van der Waals surface area contributed by atoms with E-state index >= 15 is 0 Å². The predicted octanol–water partition coefficient (Wildman–Crippen LogP) is 3.14. The lowest BCUT2D eigenvalue weighted by Gasteiger charge is -2.26. The number of ether oxygens (including phenoxy) is 2. The molecule has 7 nitrogen and oxygen atoms in total. The number of benzene rings is 2. The largest absolute Gasteiger partial charge is 0.484 e. The van der Waals surface area contributed by atoms with Crippen molar-refractivity contribution in [1.29, 1.82) is 0 Å². The third-order valence-corrected chi connectivity index (χ3v) is 5.86. The third kappa shape index (κ3) is 4.62. The summed E-state index contributed by atoms with van der Waals surface area (Å²) in [5, 5.41) is 3.86. The SMILES string of the molecule is CCn1c(C)c(C(=O)NCc2ccccc2)c2cc(OCC(=O)N3CCOCC3)ccc21. The summed E-state index contributed by atoms with van der Waals surface area (Å²) in [7, 11) is 0. The van der Waals surface area contributed by atoms with Crippen LogP contribution in [0.1, 0.15) is 28.5 Å². The van der Waals surface area contributed by atoms with Gasteiger partial charge in [0.15, 0.2) is 6.61 Å². The topological polar surface area (TPSA) is 72.8 Å². The van der Waals surface area contributed by atoms with Crippen LogP contribution in [-0.4, -0.2) is 54.2 Å². The first-order valence-electron chi connectivity index (χ1n) is 11.0. The van der Waals surface area contributed by atoms with Crippen LogP contribution >= 0.6 is 0 Å². The number of nitrogens with one attached hydrogen (secondary N) is 1. The van der Waals surface area contributed by atoms with Gasteiger partial charge < -0.3 is 24.3 Å². The standard InChI is InChI=1S/C25H29N3O4/c1-3-28-18(2)24(25(30)26-16-19-7-5-4-6-8-19)21-15-20(9-10-22(21)28)32-17-23(29)27-11-13-31-14-12-27/h4-10,15H,3,11-14,16-17H2,1-2H3,(H,26,30). The van der Waals surface area contributed by atoms with Crippen molar-refractivity contribution in [3.05, 3.63) is 65.4 Å². The maximum Gasteiger partial charge on any atom is 0.260 e. The fraction of sp³-hybridized carbons (Fsp3) is 0.360. The molecule has 0 aliphatic carbocycles. The summed E-state index contributed by atoms with van der Waals surface area (Å²) < 4.78 is 13.2. The summed E-state index contributed by atoms with van der Waals surface area (Å²) in [5.41, 5.74) is 3.57. The van der Waals surface area contributed by atoms with Gasteiger partial charge in [-0.15, -0.1) is 0 Å². The van der Waals surface area contributed by atoms with Crippen LogP contribution in [-0.2, 0) is 22.6 Å². The number of morpholine rings is 1. The van der Waals surface area contributed by atoms with E-state index in [1.807, 2.05) is 55.5 Å². The maximum absolute atomic E-state index is 13.1. The summed E-state index contributed by atoms with van der Waals surface area (Å²) in [5.74, 6) is 0.395. The van der Waals surface area contributed by atoms with E-state index in [-0.39, 0.29) is 18.4 Å². The van der Waals surface area contributed by atoms with Crippen LogP contribution in [0.2, 0.25) is 0 Å². The Morgan fingerprint density at radius 2 is 1.84 bits per heavy atom. The number of aromatic nitrogens is 1. The molecule has 0 radical (unpaired) electrons. The molecule has 0 spiro atoms. The molecule has 0 atom stereocenters. The van der Waals surface area contributed by atoms with Gasteiger partial charge in [0.2, 0.25) is 0 Å². The molecule has 3 aromatic rings. The number of amides is 2. The van der Waals surface area contributed by atoms with Crippen molar-refractivity contribution in [1.82, 2.24) is 14.8 Å². The Hall–Kier alpha value is -3.32. The van der Waals surface area contributed by atoms with Gasteiger partial charge in [-0.3, -0.25) is 9.59 Å². The number of fused-ring (bicyclic) bond motifs is 1. The van der Waals surface area contributed by atoms with Crippen molar-refractivity contribution in [3.63, 3.8) is 0 Å². The Bertz CT molecular complexity index is 1100. The molecule has 1 aliphatic rings. The van der Waals surface area contributed by atoms with E-state index in [1.54, 1.807) is 4.90 Å². The van der Waals surface area contributed by atoms with Crippen molar-refractivity contribution < 1.29 is 19.1 Å². The number of aryl methyl sites for hydroxylation is 1. The Kier molecular flexibility index (Phi) is 6.75. The Labute approximate surface area is 187 Å². The zero-order valence-corrected chi connectivity index (χ0v) is 18.6. The lowest BCUT2D eigenvalue weighted by Crippen LogP contribution is -2.42. The molecule has 0 bridgehead atoms. The summed E-state index contributed by atoms with van der Waals surface area (Å²) >= 11 is 0. The van der Waals surface area contributed by atoms with E-state index in [2.05, 4.69) is 16.8 Å². The van der Waals surface area contributed by atoms with Gasteiger partial charge in [0.1, 0.15) is 5.75 Å². The molecule has 4 rings (SSSR count). The monoisotopic (exact) mass is 435 g/mol.